The standard InChI is InChI=1S/C20H25N3/c1-2-3-4-5-6-7-12-19-16-23(22-21-19)20-14-13-17-10-8-9-11-18(17)15-20/h8-11,13-16H,2-7,12H2,1H3. The van der Waals surface area contributed by atoms with Crippen molar-refractivity contribution in [3.8, 4) is 5.69 Å². The van der Waals surface area contributed by atoms with Gasteiger partial charge in [-0.15, -0.1) is 5.10 Å². The zero-order valence-electron chi connectivity index (χ0n) is 13.9. The first-order valence-corrected chi connectivity index (χ1v) is 8.77. The highest BCUT2D eigenvalue weighted by molar-refractivity contribution is 5.84. The summed E-state index contributed by atoms with van der Waals surface area (Å²) in [5, 5.41) is 11.1. The molecule has 0 aliphatic rings. The van der Waals surface area contributed by atoms with Gasteiger partial charge in [-0.25, -0.2) is 4.68 Å². The third-order valence-corrected chi connectivity index (χ3v) is 4.32. The first kappa shape index (κ1) is 15.7. The normalized spacial score (nSPS) is 11.2. The van der Waals surface area contributed by atoms with Crippen LogP contribution in [0.1, 0.15) is 51.1 Å². The van der Waals surface area contributed by atoms with Crippen LogP contribution in [-0.4, -0.2) is 15.0 Å². The Balaban J connectivity index is 1.59. The monoisotopic (exact) mass is 307 g/mol. The molecular formula is C20H25N3. The number of aromatic nitrogens is 3. The summed E-state index contributed by atoms with van der Waals surface area (Å²) in [6.45, 7) is 2.26. The van der Waals surface area contributed by atoms with E-state index >= 15 is 0 Å². The lowest BCUT2D eigenvalue weighted by molar-refractivity contribution is 0.604. The topological polar surface area (TPSA) is 30.7 Å². The van der Waals surface area contributed by atoms with Gasteiger partial charge in [0.1, 0.15) is 0 Å². The average molecular weight is 307 g/mol. The summed E-state index contributed by atoms with van der Waals surface area (Å²) in [6, 6.07) is 14.8. The number of rotatable bonds is 8. The minimum Gasteiger partial charge on any atom is -0.220 e. The lowest BCUT2D eigenvalue weighted by atomic mass is 10.1. The van der Waals surface area contributed by atoms with E-state index in [1.807, 2.05) is 4.68 Å². The van der Waals surface area contributed by atoms with E-state index in [1.165, 1.54) is 49.3 Å². The van der Waals surface area contributed by atoms with Crippen molar-refractivity contribution in [3.63, 3.8) is 0 Å². The molecule has 0 fully saturated rings. The number of aryl methyl sites for hydroxylation is 1. The molecule has 3 heteroatoms. The number of hydrogen-bond acceptors (Lipinski definition) is 2. The van der Waals surface area contributed by atoms with Gasteiger partial charge in [-0.2, -0.15) is 0 Å². The van der Waals surface area contributed by atoms with Crippen LogP contribution in [0.15, 0.2) is 48.7 Å². The molecule has 3 nitrogen and oxygen atoms in total. The molecule has 3 rings (SSSR count). The van der Waals surface area contributed by atoms with Gasteiger partial charge in [0.2, 0.25) is 0 Å². The minimum absolute atomic E-state index is 1.03. The Morgan fingerprint density at radius 2 is 1.65 bits per heavy atom. The highest BCUT2D eigenvalue weighted by Gasteiger charge is 2.04. The Labute approximate surface area is 138 Å². The molecule has 0 radical (unpaired) electrons. The summed E-state index contributed by atoms with van der Waals surface area (Å²) in [5.41, 5.74) is 2.17. The van der Waals surface area contributed by atoms with Crippen molar-refractivity contribution < 1.29 is 0 Å². The van der Waals surface area contributed by atoms with Gasteiger partial charge >= 0.3 is 0 Å². The van der Waals surface area contributed by atoms with Crippen molar-refractivity contribution in [1.82, 2.24) is 15.0 Å². The number of hydrogen-bond donors (Lipinski definition) is 0. The van der Waals surface area contributed by atoms with Gasteiger partial charge in [-0.3, -0.25) is 0 Å². The molecule has 3 aromatic rings. The van der Waals surface area contributed by atoms with Crippen molar-refractivity contribution in [1.29, 1.82) is 0 Å². The largest absolute Gasteiger partial charge is 0.220 e. The van der Waals surface area contributed by atoms with Crippen LogP contribution in [0.3, 0.4) is 0 Å². The van der Waals surface area contributed by atoms with Gasteiger partial charge in [0.25, 0.3) is 0 Å². The lowest BCUT2D eigenvalue weighted by Crippen LogP contribution is -1.94. The number of benzene rings is 2. The van der Waals surface area contributed by atoms with Crippen molar-refractivity contribution >= 4 is 10.8 Å². The molecule has 1 aromatic heterocycles. The smallest absolute Gasteiger partial charge is 0.0831 e. The average Bonchev–Trinajstić information content (AvgIpc) is 3.06. The fraction of sp³-hybridized carbons (Fsp3) is 0.400. The quantitative estimate of drug-likeness (QED) is 0.527. The van der Waals surface area contributed by atoms with Gasteiger partial charge in [0.05, 0.1) is 17.6 Å². The van der Waals surface area contributed by atoms with Gasteiger partial charge in [0.15, 0.2) is 0 Å². The summed E-state index contributed by atoms with van der Waals surface area (Å²) in [4.78, 5) is 0. The summed E-state index contributed by atoms with van der Waals surface area (Å²) in [7, 11) is 0. The Morgan fingerprint density at radius 3 is 2.52 bits per heavy atom. The summed E-state index contributed by atoms with van der Waals surface area (Å²) >= 11 is 0. The Kier molecular flexibility index (Phi) is 5.41. The predicted molar refractivity (Wildman–Crippen MR) is 95.9 cm³/mol. The minimum atomic E-state index is 1.03. The SMILES string of the molecule is CCCCCCCCc1cn(-c2ccc3ccccc3c2)nn1. The van der Waals surface area contributed by atoms with Crippen LogP contribution < -0.4 is 0 Å². The van der Waals surface area contributed by atoms with Gasteiger partial charge < -0.3 is 0 Å². The first-order valence-electron chi connectivity index (χ1n) is 8.77. The van der Waals surface area contributed by atoms with Crippen molar-refractivity contribution in [2.24, 2.45) is 0 Å². The van der Waals surface area contributed by atoms with Gasteiger partial charge in [0, 0.05) is 0 Å². The molecule has 0 bridgehead atoms. The molecule has 120 valence electrons. The molecule has 1 heterocycles. The van der Waals surface area contributed by atoms with Crippen LogP contribution in [0.4, 0.5) is 0 Å². The highest BCUT2D eigenvalue weighted by atomic mass is 15.4. The van der Waals surface area contributed by atoms with Crippen LogP contribution in [0, 0.1) is 0 Å². The Morgan fingerprint density at radius 1 is 0.870 bits per heavy atom. The Bertz CT molecular complexity index is 745. The molecule has 0 N–H and O–H groups in total. The molecule has 0 aliphatic carbocycles. The van der Waals surface area contributed by atoms with E-state index in [1.54, 1.807) is 0 Å². The van der Waals surface area contributed by atoms with Crippen LogP contribution in [0.2, 0.25) is 0 Å². The van der Waals surface area contributed by atoms with Gasteiger partial charge in [-0.05, 0) is 35.7 Å². The van der Waals surface area contributed by atoms with Crippen LogP contribution >= 0.6 is 0 Å². The van der Waals surface area contributed by atoms with E-state index < -0.39 is 0 Å². The second-order valence-electron chi connectivity index (χ2n) is 6.20. The molecular weight excluding hydrogens is 282 g/mol. The summed E-state index contributed by atoms with van der Waals surface area (Å²) in [5.74, 6) is 0. The van der Waals surface area contributed by atoms with Crippen LogP contribution in [-0.2, 0) is 6.42 Å². The zero-order valence-corrected chi connectivity index (χ0v) is 13.9. The lowest BCUT2D eigenvalue weighted by Gasteiger charge is -2.02. The molecule has 0 aliphatic heterocycles. The number of fused-ring (bicyclic) bond motifs is 1. The van der Waals surface area contributed by atoms with Crippen molar-refractivity contribution in [3.05, 3.63) is 54.4 Å². The number of unbranched alkanes of at least 4 members (excludes halogenated alkanes) is 5. The molecule has 0 amide bonds. The maximum Gasteiger partial charge on any atom is 0.0831 e. The maximum atomic E-state index is 4.32. The second-order valence-corrected chi connectivity index (χ2v) is 6.20. The maximum absolute atomic E-state index is 4.32. The van der Waals surface area contributed by atoms with Crippen LogP contribution in [0.5, 0.6) is 0 Å². The first-order chi connectivity index (χ1) is 11.4. The van der Waals surface area contributed by atoms with E-state index in [0.29, 0.717) is 0 Å². The molecule has 0 saturated carbocycles. The highest BCUT2D eigenvalue weighted by Crippen LogP contribution is 2.18. The van der Waals surface area contributed by atoms with Crippen molar-refractivity contribution in [2.75, 3.05) is 0 Å². The van der Waals surface area contributed by atoms with Crippen LogP contribution in [0.25, 0.3) is 16.5 Å². The van der Waals surface area contributed by atoms with E-state index in [0.717, 1.165) is 17.8 Å². The Hall–Kier alpha value is -2.16. The summed E-state index contributed by atoms with van der Waals surface area (Å²) < 4.78 is 1.89. The fourth-order valence-corrected chi connectivity index (χ4v) is 2.94. The molecule has 0 atom stereocenters. The second kappa shape index (κ2) is 7.91. The predicted octanol–water partition coefficient (Wildman–Crippen LogP) is 5.32. The number of nitrogens with zero attached hydrogens (tertiary/aromatic N) is 3. The fourth-order valence-electron chi connectivity index (χ4n) is 2.94. The molecule has 0 unspecified atom stereocenters. The zero-order chi connectivity index (χ0) is 15.9. The van der Waals surface area contributed by atoms with E-state index in [-0.39, 0.29) is 0 Å². The van der Waals surface area contributed by atoms with E-state index in [2.05, 4.69) is 65.9 Å². The third-order valence-electron chi connectivity index (χ3n) is 4.32. The van der Waals surface area contributed by atoms with Crippen molar-refractivity contribution in [2.45, 2.75) is 51.9 Å². The van der Waals surface area contributed by atoms with E-state index in [9.17, 15) is 0 Å². The summed E-state index contributed by atoms with van der Waals surface area (Å²) in [6.07, 6.45) is 11.0. The van der Waals surface area contributed by atoms with E-state index in [4.69, 9.17) is 0 Å². The molecule has 23 heavy (non-hydrogen) atoms. The molecule has 0 spiro atoms. The molecule has 0 saturated heterocycles. The third kappa shape index (κ3) is 4.19. The van der Waals surface area contributed by atoms with Gasteiger partial charge in [-0.1, -0.05) is 74.6 Å². The molecule has 2 aromatic carbocycles.